The summed E-state index contributed by atoms with van der Waals surface area (Å²) in [6, 6.07) is 21.9. The second-order valence-electron chi connectivity index (χ2n) is 8.43. The van der Waals surface area contributed by atoms with Crippen LogP contribution in [0.4, 0.5) is 5.69 Å². The molecule has 3 aromatic rings. The molecule has 0 spiro atoms. The molecule has 0 atom stereocenters. The number of nitrogens with one attached hydrogen (secondary N) is 1. The summed E-state index contributed by atoms with van der Waals surface area (Å²) in [4.78, 5) is 15.0. The largest absolute Gasteiger partial charge is 0.351 e. The minimum atomic E-state index is -3.83. The van der Waals surface area contributed by atoms with Crippen LogP contribution in [0.15, 0.2) is 77.7 Å². The highest BCUT2D eigenvalue weighted by atomic mass is 35.5. The number of rotatable bonds is 8. The first-order valence-electron chi connectivity index (χ1n) is 11.3. The lowest BCUT2D eigenvalue weighted by Gasteiger charge is -2.30. The molecule has 3 aromatic carbocycles. The smallest absolute Gasteiger partial charge is 0.264 e. The van der Waals surface area contributed by atoms with E-state index in [1.165, 1.54) is 28.1 Å². The zero-order valence-corrected chi connectivity index (χ0v) is 20.6. The van der Waals surface area contributed by atoms with Gasteiger partial charge in [0.05, 0.1) is 21.2 Å². The molecular formula is C26H28ClN3O3S. The number of anilines is 1. The van der Waals surface area contributed by atoms with Crippen LogP contribution < -0.4 is 9.62 Å². The summed E-state index contributed by atoms with van der Waals surface area (Å²) in [7, 11) is -1.85. The number of likely N-dealkylation sites (N-methyl/N-ethyl adjacent to an activating group) is 1. The molecular weight excluding hydrogens is 470 g/mol. The zero-order valence-electron chi connectivity index (χ0n) is 19.1. The van der Waals surface area contributed by atoms with E-state index in [-0.39, 0.29) is 15.5 Å². The van der Waals surface area contributed by atoms with Crippen LogP contribution in [0.5, 0.6) is 0 Å². The number of fused-ring (bicyclic) bond motifs is 1. The van der Waals surface area contributed by atoms with Gasteiger partial charge in [-0.1, -0.05) is 60.1 Å². The monoisotopic (exact) mass is 497 g/mol. The number of para-hydroxylation sites is 1. The van der Waals surface area contributed by atoms with Crippen LogP contribution in [0.2, 0.25) is 5.02 Å². The molecule has 0 aliphatic carbocycles. The van der Waals surface area contributed by atoms with Crippen LogP contribution in [0.1, 0.15) is 27.9 Å². The SMILES string of the molecule is CN(CCNC(=O)c1cc(S(=O)(=O)N2CCCc3ccccc32)ccc1Cl)Cc1ccccc1. The topological polar surface area (TPSA) is 69.7 Å². The van der Waals surface area contributed by atoms with E-state index in [1.54, 1.807) is 0 Å². The summed E-state index contributed by atoms with van der Waals surface area (Å²) >= 11 is 6.28. The fourth-order valence-electron chi connectivity index (χ4n) is 4.14. The number of halogens is 1. The second-order valence-corrected chi connectivity index (χ2v) is 10.7. The van der Waals surface area contributed by atoms with Gasteiger partial charge in [-0.05, 0) is 55.3 Å². The van der Waals surface area contributed by atoms with Gasteiger partial charge in [0.15, 0.2) is 0 Å². The van der Waals surface area contributed by atoms with Gasteiger partial charge in [0.25, 0.3) is 15.9 Å². The number of aryl methyl sites for hydroxylation is 1. The van der Waals surface area contributed by atoms with Gasteiger partial charge in [-0.2, -0.15) is 0 Å². The van der Waals surface area contributed by atoms with Gasteiger partial charge in [0.1, 0.15) is 0 Å². The minimum absolute atomic E-state index is 0.0555. The molecule has 0 bridgehead atoms. The van der Waals surface area contributed by atoms with E-state index in [1.807, 2.05) is 49.5 Å². The normalized spacial score (nSPS) is 13.6. The molecule has 0 fully saturated rings. The Balaban J connectivity index is 1.45. The zero-order chi connectivity index (χ0) is 24.1. The molecule has 1 N–H and O–H groups in total. The Hall–Kier alpha value is -2.87. The Morgan fingerprint density at radius 2 is 1.79 bits per heavy atom. The summed E-state index contributed by atoms with van der Waals surface area (Å²) in [6.45, 7) is 2.22. The molecule has 0 radical (unpaired) electrons. The predicted octanol–water partition coefficient (Wildman–Crippen LogP) is 4.34. The number of hydrogen-bond acceptors (Lipinski definition) is 4. The van der Waals surface area contributed by atoms with Gasteiger partial charge in [0, 0.05) is 26.2 Å². The van der Waals surface area contributed by atoms with Crippen molar-refractivity contribution in [2.75, 3.05) is 31.0 Å². The molecule has 0 saturated carbocycles. The third-order valence-corrected chi connectivity index (χ3v) is 8.05. The van der Waals surface area contributed by atoms with Crippen molar-refractivity contribution in [1.29, 1.82) is 0 Å². The number of carbonyl (C=O) groups excluding carboxylic acids is 1. The number of hydrogen-bond donors (Lipinski definition) is 1. The molecule has 1 aliphatic heterocycles. The lowest BCUT2D eigenvalue weighted by atomic mass is 10.0. The molecule has 178 valence electrons. The number of benzene rings is 3. The van der Waals surface area contributed by atoms with Gasteiger partial charge >= 0.3 is 0 Å². The van der Waals surface area contributed by atoms with E-state index in [4.69, 9.17) is 11.6 Å². The predicted molar refractivity (Wildman–Crippen MR) is 136 cm³/mol. The number of amides is 1. The van der Waals surface area contributed by atoms with Crippen molar-refractivity contribution in [3.05, 3.63) is 94.5 Å². The molecule has 1 heterocycles. The maximum Gasteiger partial charge on any atom is 0.264 e. The molecule has 34 heavy (non-hydrogen) atoms. The van der Waals surface area contributed by atoms with E-state index in [0.717, 1.165) is 24.9 Å². The molecule has 0 saturated heterocycles. The van der Waals surface area contributed by atoms with Crippen LogP contribution >= 0.6 is 11.6 Å². The fourth-order valence-corrected chi connectivity index (χ4v) is 5.92. The third kappa shape index (κ3) is 5.43. The lowest BCUT2D eigenvalue weighted by Crippen LogP contribution is -2.36. The first-order chi connectivity index (χ1) is 16.4. The van der Waals surface area contributed by atoms with E-state index >= 15 is 0 Å². The Kier molecular flexibility index (Phi) is 7.56. The van der Waals surface area contributed by atoms with E-state index in [2.05, 4.69) is 22.3 Å². The standard InChI is InChI=1S/C26H28ClN3O3S/c1-29(19-20-8-3-2-4-9-20)17-15-28-26(31)23-18-22(13-14-24(23)27)34(32,33)30-16-7-11-21-10-5-6-12-25(21)30/h2-6,8-10,12-14,18H,7,11,15-17,19H2,1H3,(H,28,31). The Morgan fingerprint density at radius 1 is 1.06 bits per heavy atom. The highest BCUT2D eigenvalue weighted by molar-refractivity contribution is 7.92. The van der Waals surface area contributed by atoms with Crippen molar-refractivity contribution in [1.82, 2.24) is 10.2 Å². The quantitative estimate of drug-likeness (QED) is 0.502. The number of sulfonamides is 1. The van der Waals surface area contributed by atoms with E-state index in [9.17, 15) is 13.2 Å². The maximum atomic E-state index is 13.5. The van der Waals surface area contributed by atoms with Crippen LogP contribution in [0.25, 0.3) is 0 Å². The average molecular weight is 498 g/mol. The molecule has 6 nitrogen and oxygen atoms in total. The summed E-state index contributed by atoms with van der Waals surface area (Å²) in [5.74, 6) is -0.394. The average Bonchev–Trinajstić information content (AvgIpc) is 2.84. The van der Waals surface area contributed by atoms with Crippen LogP contribution in [0, 0.1) is 0 Å². The first kappa shape index (κ1) is 24.3. The highest BCUT2D eigenvalue weighted by Crippen LogP contribution is 2.32. The van der Waals surface area contributed by atoms with Gasteiger partial charge in [-0.25, -0.2) is 8.42 Å². The summed E-state index contributed by atoms with van der Waals surface area (Å²) < 4.78 is 28.3. The van der Waals surface area contributed by atoms with Gasteiger partial charge < -0.3 is 10.2 Å². The van der Waals surface area contributed by atoms with Gasteiger partial charge in [-0.15, -0.1) is 0 Å². The first-order valence-corrected chi connectivity index (χ1v) is 13.1. The Labute approximate surface area is 206 Å². The molecule has 0 aromatic heterocycles. The third-order valence-electron chi connectivity index (χ3n) is 5.91. The van der Waals surface area contributed by atoms with Crippen LogP contribution in [0.3, 0.4) is 0 Å². The minimum Gasteiger partial charge on any atom is -0.351 e. The van der Waals surface area contributed by atoms with Crippen LogP contribution in [-0.4, -0.2) is 45.9 Å². The molecule has 1 amide bonds. The fraction of sp³-hybridized carbons (Fsp3) is 0.269. The lowest BCUT2D eigenvalue weighted by molar-refractivity contribution is 0.0949. The van der Waals surface area contributed by atoms with Crippen molar-refractivity contribution in [2.45, 2.75) is 24.3 Å². The summed E-state index contributed by atoms with van der Waals surface area (Å²) in [5.41, 5.74) is 3.04. The van der Waals surface area contributed by atoms with Crippen molar-refractivity contribution in [3.63, 3.8) is 0 Å². The number of carbonyl (C=O) groups is 1. The van der Waals surface area contributed by atoms with Gasteiger partial charge in [0.2, 0.25) is 0 Å². The summed E-state index contributed by atoms with van der Waals surface area (Å²) in [6.07, 6.45) is 1.59. The maximum absolute atomic E-state index is 13.5. The van der Waals surface area contributed by atoms with Crippen LogP contribution in [-0.2, 0) is 23.0 Å². The Bertz CT molecular complexity index is 1270. The summed E-state index contributed by atoms with van der Waals surface area (Å²) in [5, 5.41) is 3.07. The van der Waals surface area contributed by atoms with Crippen molar-refractivity contribution < 1.29 is 13.2 Å². The Morgan fingerprint density at radius 3 is 2.59 bits per heavy atom. The van der Waals surface area contributed by atoms with E-state index in [0.29, 0.717) is 25.3 Å². The van der Waals surface area contributed by atoms with E-state index < -0.39 is 15.9 Å². The van der Waals surface area contributed by atoms with Gasteiger partial charge in [-0.3, -0.25) is 9.10 Å². The number of nitrogens with zero attached hydrogens (tertiary/aromatic N) is 2. The molecule has 1 aliphatic rings. The second kappa shape index (κ2) is 10.6. The van der Waals surface area contributed by atoms with Crippen molar-refractivity contribution in [3.8, 4) is 0 Å². The molecule has 8 heteroatoms. The van der Waals surface area contributed by atoms with Crippen molar-refractivity contribution in [2.24, 2.45) is 0 Å². The highest BCUT2D eigenvalue weighted by Gasteiger charge is 2.29. The molecule has 4 rings (SSSR count). The molecule has 0 unspecified atom stereocenters. The van der Waals surface area contributed by atoms with Crippen molar-refractivity contribution >= 4 is 33.2 Å².